The van der Waals surface area contributed by atoms with Gasteiger partial charge in [-0.25, -0.2) is 9.78 Å². The van der Waals surface area contributed by atoms with Crippen molar-refractivity contribution < 1.29 is 14.7 Å². The number of aromatic carboxylic acids is 1. The fourth-order valence-electron chi connectivity index (χ4n) is 2.28. The molecule has 0 spiro atoms. The Morgan fingerprint density at radius 2 is 2.10 bits per heavy atom. The van der Waals surface area contributed by atoms with Gasteiger partial charge in [0.05, 0.1) is 16.6 Å². The number of likely N-dealkylation sites (N-methyl/N-ethyl adjacent to an activating group) is 1. The third-order valence-electron chi connectivity index (χ3n) is 3.22. The Kier molecular flexibility index (Phi) is 4.26. The van der Waals surface area contributed by atoms with Crippen molar-refractivity contribution in [2.45, 2.75) is 33.2 Å². The van der Waals surface area contributed by atoms with Gasteiger partial charge in [0.25, 0.3) is 0 Å². The summed E-state index contributed by atoms with van der Waals surface area (Å²) in [5.41, 5.74) is 1.56. The van der Waals surface area contributed by atoms with E-state index in [9.17, 15) is 9.59 Å². The summed E-state index contributed by atoms with van der Waals surface area (Å²) in [6, 6.07) is 4.77. The van der Waals surface area contributed by atoms with Crippen molar-refractivity contribution in [3.05, 3.63) is 29.6 Å². The van der Waals surface area contributed by atoms with Gasteiger partial charge in [-0.3, -0.25) is 4.79 Å². The first-order valence-corrected chi connectivity index (χ1v) is 6.94. The third kappa shape index (κ3) is 3.04. The highest BCUT2D eigenvalue weighted by Crippen LogP contribution is 2.23. The van der Waals surface area contributed by atoms with Gasteiger partial charge in [0.1, 0.15) is 12.4 Å². The lowest BCUT2D eigenvalue weighted by atomic mass is 10.2. The number of amides is 1. The van der Waals surface area contributed by atoms with Gasteiger partial charge in [-0.1, -0.05) is 13.8 Å². The minimum Gasteiger partial charge on any atom is -0.478 e. The van der Waals surface area contributed by atoms with Crippen LogP contribution in [0.3, 0.4) is 0 Å². The summed E-state index contributed by atoms with van der Waals surface area (Å²) in [7, 11) is 0. The van der Waals surface area contributed by atoms with Crippen LogP contribution in [0.1, 0.15) is 42.9 Å². The molecular weight excluding hydrogens is 270 g/mol. The van der Waals surface area contributed by atoms with E-state index >= 15 is 0 Å². The van der Waals surface area contributed by atoms with E-state index in [1.165, 1.54) is 6.07 Å². The predicted octanol–water partition coefficient (Wildman–Crippen LogP) is 1.99. The van der Waals surface area contributed by atoms with Crippen LogP contribution in [-0.2, 0) is 11.3 Å². The molecule has 0 saturated heterocycles. The molecule has 1 aromatic carbocycles. The predicted molar refractivity (Wildman–Crippen MR) is 79.5 cm³/mol. The summed E-state index contributed by atoms with van der Waals surface area (Å²) in [5, 5.41) is 11.9. The van der Waals surface area contributed by atoms with E-state index in [2.05, 4.69) is 10.3 Å². The van der Waals surface area contributed by atoms with Crippen LogP contribution in [0.15, 0.2) is 18.2 Å². The normalized spacial score (nSPS) is 11.0. The minimum atomic E-state index is -0.992. The molecule has 0 saturated carbocycles. The van der Waals surface area contributed by atoms with E-state index in [1.807, 2.05) is 20.8 Å². The smallest absolute Gasteiger partial charge is 0.335 e. The number of carboxylic acid groups (broad SMARTS) is 1. The van der Waals surface area contributed by atoms with Crippen molar-refractivity contribution in [3.63, 3.8) is 0 Å². The third-order valence-corrected chi connectivity index (χ3v) is 3.22. The molecule has 0 unspecified atom stereocenters. The van der Waals surface area contributed by atoms with E-state index in [0.717, 1.165) is 5.82 Å². The highest BCUT2D eigenvalue weighted by atomic mass is 16.4. The van der Waals surface area contributed by atoms with E-state index < -0.39 is 5.97 Å². The zero-order valence-corrected chi connectivity index (χ0v) is 12.4. The molecule has 2 rings (SSSR count). The van der Waals surface area contributed by atoms with Crippen LogP contribution >= 0.6 is 0 Å². The van der Waals surface area contributed by atoms with Gasteiger partial charge in [0, 0.05) is 12.5 Å². The fourth-order valence-corrected chi connectivity index (χ4v) is 2.28. The lowest BCUT2D eigenvalue weighted by Crippen LogP contribution is -2.28. The number of rotatable bonds is 5. The Morgan fingerprint density at radius 1 is 1.38 bits per heavy atom. The largest absolute Gasteiger partial charge is 0.478 e. The van der Waals surface area contributed by atoms with Crippen molar-refractivity contribution in [1.29, 1.82) is 0 Å². The number of hydrogen-bond acceptors (Lipinski definition) is 3. The van der Waals surface area contributed by atoms with Gasteiger partial charge in [-0.15, -0.1) is 0 Å². The zero-order valence-electron chi connectivity index (χ0n) is 12.4. The van der Waals surface area contributed by atoms with Gasteiger partial charge < -0.3 is 15.0 Å². The van der Waals surface area contributed by atoms with Crippen LogP contribution in [0.25, 0.3) is 11.0 Å². The van der Waals surface area contributed by atoms with Crippen LogP contribution in [0, 0.1) is 0 Å². The quantitative estimate of drug-likeness (QED) is 0.881. The molecule has 21 heavy (non-hydrogen) atoms. The summed E-state index contributed by atoms with van der Waals surface area (Å²) in [4.78, 5) is 27.5. The molecule has 6 heteroatoms. The number of imidazole rings is 1. The van der Waals surface area contributed by atoms with E-state index in [1.54, 1.807) is 16.7 Å². The molecule has 0 fully saturated rings. The lowest BCUT2D eigenvalue weighted by Gasteiger charge is -2.11. The van der Waals surface area contributed by atoms with Crippen molar-refractivity contribution >= 4 is 22.9 Å². The molecule has 1 heterocycles. The number of carboxylic acids is 1. The average molecular weight is 289 g/mol. The Balaban J connectivity index is 2.56. The highest BCUT2D eigenvalue weighted by Gasteiger charge is 2.17. The number of fused-ring (bicyclic) bond motifs is 1. The number of benzene rings is 1. The molecule has 0 aliphatic heterocycles. The second kappa shape index (κ2) is 5.95. The molecule has 6 nitrogen and oxygen atoms in total. The molecule has 1 aromatic heterocycles. The standard InChI is InChI=1S/C15H19N3O3/c1-4-16-13(19)8-18-12-7-10(15(20)21)5-6-11(12)17-14(18)9(2)3/h5-7,9H,4,8H2,1-3H3,(H,16,19)(H,20,21). The fraction of sp³-hybridized carbons (Fsp3) is 0.400. The van der Waals surface area contributed by atoms with Gasteiger partial charge in [-0.05, 0) is 25.1 Å². The maximum atomic E-state index is 11.9. The van der Waals surface area contributed by atoms with Gasteiger partial charge in [0.15, 0.2) is 0 Å². The molecule has 2 aromatic rings. The average Bonchev–Trinajstić information content (AvgIpc) is 2.77. The molecule has 0 aliphatic rings. The maximum absolute atomic E-state index is 11.9. The van der Waals surface area contributed by atoms with Crippen LogP contribution in [0.5, 0.6) is 0 Å². The number of carbonyl (C=O) groups excluding carboxylic acids is 1. The SMILES string of the molecule is CCNC(=O)Cn1c(C(C)C)nc2ccc(C(=O)O)cc21. The molecule has 0 bridgehead atoms. The Hall–Kier alpha value is -2.37. The van der Waals surface area contributed by atoms with Crippen LogP contribution in [0.4, 0.5) is 0 Å². The highest BCUT2D eigenvalue weighted by molar-refractivity contribution is 5.93. The summed E-state index contributed by atoms with van der Waals surface area (Å²) >= 11 is 0. The van der Waals surface area contributed by atoms with Crippen LogP contribution < -0.4 is 5.32 Å². The van der Waals surface area contributed by atoms with Gasteiger partial charge in [-0.2, -0.15) is 0 Å². The summed E-state index contributed by atoms with van der Waals surface area (Å²) in [6.45, 7) is 6.54. The summed E-state index contributed by atoms with van der Waals surface area (Å²) < 4.78 is 1.79. The number of aromatic nitrogens is 2. The van der Waals surface area contributed by atoms with Crippen molar-refractivity contribution in [3.8, 4) is 0 Å². The zero-order chi connectivity index (χ0) is 15.6. The van der Waals surface area contributed by atoms with E-state index in [0.29, 0.717) is 17.6 Å². The molecule has 0 atom stereocenters. The second-order valence-corrected chi connectivity index (χ2v) is 5.17. The van der Waals surface area contributed by atoms with Crippen molar-refractivity contribution in [2.24, 2.45) is 0 Å². The molecule has 2 N–H and O–H groups in total. The molecule has 0 aliphatic carbocycles. The molecule has 112 valence electrons. The van der Waals surface area contributed by atoms with Gasteiger partial charge >= 0.3 is 5.97 Å². The van der Waals surface area contributed by atoms with E-state index in [4.69, 9.17) is 5.11 Å². The lowest BCUT2D eigenvalue weighted by molar-refractivity contribution is -0.121. The van der Waals surface area contributed by atoms with Gasteiger partial charge in [0.2, 0.25) is 5.91 Å². The van der Waals surface area contributed by atoms with Crippen LogP contribution in [0.2, 0.25) is 0 Å². The topological polar surface area (TPSA) is 84.2 Å². The first-order chi connectivity index (χ1) is 9.93. The summed E-state index contributed by atoms with van der Waals surface area (Å²) in [5.74, 6) is -0.188. The number of hydrogen-bond donors (Lipinski definition) is 2. The van der Waals surface area contributed by atoms with Crippen molar-refractivity contribution in [2.75, 3.05) is 6.54 Å². The first kappa shape index (κ1) is 15.0. The number of carbonyl (C=O) groups is 2. The molecule has 0 radical (unpaired) electrons. The molecular formula is C15H19N3O3. The molecule has 1 amide bonds. The second-order valence-electron chi connectivity index (χ2n) is 5.17. The number of nitrogens with one attached hydrogen (secondary N) is 1. The van der Waals surface area contributed by atoms with E-state index in [-0.39, 0.29) is 23.9 Å². The maximum Gasteiger partial charge on any atom is 0.335 e. The monoisotopic (exact) mass is 289 g/mol. The first-order valence-electron chi connectivity index (χ1n) is 6.94. The number of nitrogens with zero attached hydrogens (tertiary/aromatic N) is 2. The Morgan fingerprint density at radius 3 is 2.67 bits per heavy atom. The minimum absolute atomic E-state index is 0.112. The Bertz CT molecular complexity index is 689. The summed E-state index contributed by atoms with van der Waals surface area (Å²) in [6.07, 6.45) is 0. The van der Waals surface area contributed by atoms with Crippen molar-refractivity contribution in [1.82, 2.24) is 14.9 Å². The van der Waals surface area contributed by atoms with Crippen LogP contribution in [-0.4, -0.2) is 33.1 Å². The Labute approximate surface area is 122 Å².